The van der Waals surface area contributed by atoms with Crippen LogP contribution in [0.25, 0.3) is 0 Å². The van der Waals surface area contributed by atoms with Crippen molar-refractivity contribution >= 4 is 15.9 Å². The first-order valence-electron chi connectivity index (χ1n) is 6.11. The van der Waals surface area contributed by atoms with Gasteiger partial charge < -0.3 is 10.1 Å². The second kappa shape index (κ2) is 6.68. The predicted octanol–water partition coefficient (Wildman–Crippen LogP) is 4.49. The van der Waals surface area contributed by atoms with Crippen molar-refractivity contribution in [3.05, 3.63) is 58.3 Å². The second-order valence-electron chi connectivity index (χ2n) is 4.11. The molecule has 0 aliphatic heterocycles. The summed E-state index contributed by atoms with van der Waals surface area (Å²) in [7, 11) is 0. The van der Waals surface area contributed by atoms with E-state index in [0.29, 0.717) is 16.0 Å². The lowest BCUT2D eigenvalue weighted by atomic mass is 10.2. The molecule has 0 spiro atoms. The summed E-state index contributed by atoms with van der Waals surface area (Å²) in [5.74, 6) is 0.861. The van der Waals surface area contributed by atoms with Crippen LogP contribution < -0.4 is 10.1 Å². The van der Waals surface area contributed by atoms with Gasteiger partial charge in [0.15, 0.2) is 0 Å². The van der Waals surface area contributed by atoms with Crippen molar-refractivity contribution in [2.24, 2.45) is 0 Å². The first-order valence-corrected chi connectivity index (χ1v) is 6.91. The van der Waals surface area contributed by atoms with Crippen molar-refractivity contribution in [3.8, 4) is 11.5 Å². The van der Waals surface area contributed by atoms with E-state index in [2.05, 4.69) is 28.2 Å². The van der Waals surface area contributed by atoms with Crippen molar-refractivity contribution in [1.29, 1.82) is 0 Å². The summed E-state index contributed by atoms with van der Waals surface area (Å²) in [5, 5.41) is 3.25. The van der Waals surface area contributed by atoms with Gasteiger partial charge in [0, 0.05) is 12.6 Å². The molecule has 0 fully saturated rings. The minimum Gasteiger partial charge on any atom is -0.457 e. The van der Waals surface area contributed by atoms with E-state index < -0.39 is 0 Å². The van der Waals surface area contributed by atoms with Crippen LogP contribution in [0.1, 0.15) is 12.5 Å². The highest BCUT2D eigenvalue weighted by Gasteiger charge is 2.03. The molecule has 2 aromatic carbocycles. The molecule has 0 amide bonds. The number of halogens is 2. The third-order valence-corrected chi connectivity index (χ3v) is 3.25. The van der Waals surface area contributed by atoms with Crippen LogP contribution in [0, 0.1) is 5.82 Å². The van der Waals surface area contributed by atoms with Crippen LogP contribution in [0.4, 0.5) is 4.39 Å². The Morgan fingerprint density at radius 3 is 2.68 bits per heavy atom. The van der Waals surface area contributed by atoms with Gasteiger partial charge in [0.2, 0.25) is 0 Å². The number of benzene rings is 2. The van der Waals surface area contributed by atoms with E-state index >= 15 is 0 Å². The molecular weight excluding hydrogens is 309 g/mol. The van der Waals surface area contributed by atoms with Crippen molar-refractivity contribution in [3.63, 3.8) is 0 Å². The minimum atomic E-state index is -0.332. The second-order valence-corrected chi connectivity index (χ2v) is 4.96. The SMILES string of the molecule is CCNCc1cccc(Oc2ccc(Br)c(F)c2)c1. The summed E-state index contributed by atoms with van der Waals surface area (Å²) in [6.07, 6.45) is 0. The number of hydrogen-bond acceptors (Lipinski definition) is 2. The van der Waals surface area contributed by atoms with Crippen molar-refractivity contribution in [2.45, 2.75) is 13.5 Å². The maximum Gasteiger partial charge on any atom is 0.141 e. The molecule has 2 rings (SSSR count). The maximum absolute atomic E-state index is 13.4. The van der Waals surface area contributed by atoms with Crippen LogP contribution in [0.5, 0.6) is 11.5 Å². The summed E-state index contributed by atoms with van der Waals surface area (Å²) < 4.78 is 19.5. The Labute approximate surface area is 120 Å². The van der Waals surface area contributed by atoms with Crippen molar-refractivity contribution in [1.82, 2.24) is 5.32 Å². The van der Waals surface area contributed by atoms with Gasteiger partial charge in [-0.15, -0.1) is 0 Å². The zero-order valence-electron chi connectivity index (χ0n) is 10.6. The standard InChI is InChI=1S/C15H15BrFNO/c1-2-18-10-11-4-3-5-12(8-11)19-13-6-7-14(16)15(17)9-13/h3-9,18H,2,10H2,1H3. The average molecular weight is 324 g/mol. The zero-order chi connectivity index (χ0) is 13.7. The third-order valence-electron chi connectivity index (χ3n) is 2.60. The minimum absolute atomic E-state index is 0.332. The lowest BCUT2D eigenvalue weighted by molar-refractivity contribution is 0.475. The van der Waals surface area contributed by atoms with E-state index in [4.69, 9.17) is 4.74 Å². The number of rotatable bonds is 5. The van der Waals surface area contributed by atoms with E-state index in [0.717, 1.165) is 18.7 Å². The van der Waals surface area contributed by atoms with E-state index in [9.17, 15) is 4.39 Å². The summed E-state index contributed by atoms with van der Waals surface area (Å²) in [6, 6.07) is 12.5. The molecule has 0 aliphatic rings. The molecule has 0 heterocycles. The van der Waals surface area contributed by atoms with Gasteiger partial charge in [-0.1, -0.05) is 19.1 Å². The molecule has 0 radical (unpaired) electrons. The zero-order valence-corrected chi connectivity index (χ0v) is 12.2. The van der Waals surface area contributed by atoms with Crippen LogP contribution in [-0.4, -0.2) is 6.54 Å². The summed E-state index contributed by atoms with van der Waals surface area (Å²) >= 11 is 3.12. The van der Waals surface area contributed by atoms with Gasteiger partial charge in [-0.05, 0) is 52.3 Å². The summed E-state index contributed by atoms with van der Waals surface area (Å²) in [4.78, 5) is 0. The molecular formula is C15H15BrFNO. The molecule has 0 saturated carbocycles. The monoisotopic (exact) mass is 323 g/mol. The summed E-state index contributed by atoms with van der Waals surface area (Å²) in [5.41, 5.74) is 1.14. The molecule has 1 N–H and O–H groups in total. The summed E-state index contributed by atoms with van der Waals surface area (Å²) in [6.45, 7) is 3.77. The molecule has 2 nitrogen and oxygen atoms in total. The highest BCUT2D eigenvalue weighted by Crippen LogP contribution is 2.26. The molecule has 4 heteroatoms. The Morgan fingerprint density at radius 2 is 1.95 bits per heavy atom. The lowest BCUT2D eigenvalue weighted by Crippen LogP contribution is -2.11. The quantitative estimate of drug-likeness (QED) is 0.875. The molecule has 0 aromatic heterocycles. The van der Waals surface area contributed by atoms with Crippen LogP contribution in [-0.2, 0) is 6.54 Å². The van der Waals surface area contributed by atoms with Gasteiger partial charge in [-0.25, -0.2) is 4.39 Å². The molecule has 2 aromatic rings. The fourth-order valence-corrected chi connectivity index (χ4v) is 1.91. The van der Waals surface area contributed by atoms with Crippen molar-refractivity contribution in [2.75, 3.05) is 6.54 Å². The Balaban J connectivity index is 2.11. The van der Waals surface area contributed by atoms with Crippen LogP contribution in [0.15, 0.2) is 46.9 Å². The Morgan fingerprint density at radius 1 is 1.16 bits per heavy atom. The molecule has 0 saturated heterocycles. The normalized spacial score (nSPS) is 10.5. The van der Waals surface area contributed by atoms with Gasteiger partial charge in [0.1, 0.15) is 17.3 Å². The molecule has 0 bridgehead atoms. The molecule has 100 valence electrons. The highest BCUT2D eigenvalue weighted by atomic mass is 79.9. The molecule has 0 atom stereocenters. The maximum atomic E-state index is 13.4. The van der Waals surface area contributed by atoms with Crippen LogP contribution >= 0.6 is 15.9 Å². The van der Waals surface area contributed by atoms with Gasteiger partial charge in [0.25, 0.3) is 0 Å². The molecule has 0 aliphatic carbocycles. The topological polar surface area (TPSA) is 21.3 Å². The van der Waals surface area contributed by atoms with Gasteiger partial charge in [-0.2, -0.15) is 0 Å². The van der Waals surface area contributed by atoms with Crippen LogP contribution in [0.3, 0.4) is 0 Å². The third kappa shape index (κ3) is 4.04. The Hall–Kier alpha value is -1.39. The fraction of sp³-hybridized carbons (Fsp3) is 0.200. The fourth-order valence-electron chi connectivity index (χ4n) is 1.66. The highest BCUT2D eigenvalue weighted by molar-refractivity contribution is 9.10. The predicted molar refractivity (Wildman–Crippen MR) is 78.0 cm³/mol. The Bertz CT molecular complexity index is 560. The molecule has 0 unspecified atom stereocenters. The lowest BCUT2D eigenvalue weighted by Gasteiger charge is -2.08. The van der Waals surface area contributed by atoms with Gasteiger partial charge in [0.05, 0.1) is 4.47 Å². The number of nitrogens with one attached hydrogen (secondary N) is 1. The van der Waals surface area contributed by atoms with Gasteiger partial charge in [-0.3, -0.25) is 0 Å². The first kappa shape index (κ1) is 14.0. The van der Waals surface area contributed by atoms with Crippen LogP contribution in [0.2, 0.25) is 0 Å². The average Bonchev–Trinajstić information content (AvgIpc) is 2.41. The van der Waals surface area contributed by atoms with E-state index in [-0.39, 0.29) is 5.82 Å². The van der Waals surface area contributed by atoms with Gasteiger partial charge >= 0.3 is 0 Å². The Kier molecular flexibility index (Phi) is 4.93. The van der Waals surface area contributed by atoms with E-state index in [1.165, 1.54) is 6.07 Å². The van der Waals surface area contributed by atoms with Crippen molar-refractivity contribution < 1.29 is 9.13 Å². The number of hydrogen-bond donors (Lipinski definition) is 1. The largest absolute Gasteiger partial charge is 0.457 e. The smallest absolute Gasteiger partial charge is 0.141 e. The molecule has 19 heavy (non-hydrogen) atoms. The van der Waals surface area contributed by atoms with E-state index in [1.54, 1.807) is 12.1 Å². The number of ether oxygens (including phenoxy) is 1. The van der Waals surface area contributed by atoms with E-state index in [1.807, 2.05) is 24.3 Å². The first-order chi connectivity index (χ1) is 9.19.